The Labute approximate surface area is 161 Å². The lowest BCUT2D eigenvalue weighted by Crippen LogP contribution is -2.43. The summed E-state index contributed by atoms with van der Waals surface area (Å²) in [5.41, 5.74) is 2.81. The zero-order valence-electron chi connectivity index (χ0n) is 16.5. The molecular weight excluding hydrogens is 336 g/mol. The quantitative estimate of drug-likeness (QED) is 0.653. The Morgan fingerprint density at radius 1 is 1.41 bits per heavy atom. The summed E-state index contributed by atoms with van der Waals surface area (Å²) in [6.07, 6.45) is 8.13. The molecule has 0 amide bonds. The first-order valence-electron chi connectivity index (χ1n) is 9.68. The largest absolute Gasteiger partial charge is 0.500 e. The van der Waals surface area contributed by atoms with Gasteiger partial charge in [-0.25, -0.2) is 4.67 Å². The van der Waals surface area contributed by atoms with E-state index in [4.69, 9.17) is 4.74 Å². The molecular formula is C23H29N2O2+. The Bertz CT molecular complexity index is 846. The lowest BCUT2D eigenvalue weighted by molar-refractivity contribution is -0.123. The first-order valence-corrected chi connectivity index (χ1v) is 9.68. The number of allylic oxidation sites excluding steroid dienone is 4. The Morgan fingerprint density at radius 2 is 2.22 bits per heavy atom. The molecule has 0 aromatic heterocycles. The molecule has 1 aliphatic heterocycles. The molecule has 142 valence electrons. The van der Waals surface area contributed by atoms with E-state index < -0.39 is 5.54 Å². The highest BCUT2D eigenvalue weighted by Crippen LogP contribution is 2.34. The zero-order chi connectivity index (χ0) is 19.4. The summed E-state index contributed by atoms with van der Waals surface area (Å²) in [4.78, 5) is 12.8. The van der Waals surface area contributed by atoms with Crippen LogP contribution in [-0.4, -0.2) is 25.4 Å². The van der Waals surface area contributed by atoms with E-state index in [1.807, 2.05) is 6.07 Å². The second kappa shape index (κ2) is 7.98. The number of benzene rings is 1. The molecule has 1 heterocycles. The molecule has 1 unspecified atom stereocenters. The normalized spacial score (nSPS) is 25.7. The Kier molecular flexibility index (Phi) is 5.67. The van der Waals surface area contributed by atoms with E-state index in [1.165, 1.54) is 0 Å². The van der Waals surface area contributed by atoms with Crippen molar-refractivity contribution in [2.24, 2.45) is 5.92 Å². The maximum Gasteiger partial charge on any atom is 0.343 e. The summed E-state index contributed by atoms with van der Waals surface area (Å²) in [5, 5.41) is 3.51. The molecule has 2 atom stereocenters. The van der Waals surface area contributed by atoms with Crippen molar-refractivity contribution in [3.63, 3.8) is 0 Å². The fraction of sp³-hybridized carbons (Fsp3) is 0.435. The molecule has 3 rings (SSSR count). The molecule has 1 saturated heterocycles. The van der Waals surface area contributed by atoms with Crippen LogP contribution in [0.5, 0.6) is 0 Å². The summed E-state index contributed by atoms with van der Waals surface area (Å²) >= 11 is 0. The molecule has 4 nitrogen and oxygen atoms in total. The van der Waals surface area contributed by atoms with Crippen LogP contribution in [0, 0.1) is 5.92 Å². The molecule has 0 saturated carbocycles. The van der Waals surface area contributed by atoms with E-state index in [-0.39, 0.29) is 11.7 Å². The number of hydrogen-bond donors (Lipinski definition) is 1. The van der Waals surface area contributed by atoms with Crippen molar-refractivity contribution >= 4 is 23.9 Å². The molecule has 4 heteroatoms. The number of ether oxygens (including phenoxy) is 1. The van der Waals surface area contributed by atoms with Crippen molar-refractivity contribution in [3.05, 3.63) is 53.3 Å². The average molecular weight is 365 g/mol. The van der Waals surface area contributed by atoms with E-state index in [0.717, 1.165) is 47.6 Å². The van der Waals surface area contributed by atoms with Gasteiger partial charge in [0.05, 0.1) is 20.0 Å². The highest BCUT2D eigenvalue weighted by atomic mass is 16.5. The van der Waals surface area contributed by atoms with Gasteiger partial charge in [-0.2, -0.15) is 0 Å². The number of amidine groups is 1. The smallest absolute Gasteiger partial charge is 0.343 e. The zero-order valence-corrected chi connectivity index (χ0v) is 16.5. The van der Waals surface area contributed by atoms with Gasteiger partial charge in [-0.15, -0.1) is 0 Å². The van der Waals surface area contributed by atoms with E-state index >= 15 is 0 Å². The molecule has 0 bridgehead atoms. The van der Waals surface area contributed by atoms with Crippen LogP contribution in [0.25, 0.3) is 5.57 Å². The van der Waals surface area contributed by atoms with Gasteiger partial charge < -0.3 is 4.74 Å². The monoisotopic (exact) mass is 365 g/mol. The standard InChI is InChI=1S/C23H28N2O2/c1-5-16-14-22(24-3)25-23(2,15-20(16)26)18-10-8-9-17(13-18)19-11-6-7-12-21(19)27-4/h6,8-11,13,16H,3,5,7,12,14-15H2,1-2,4H3/p+1/t16?,23-/m0/s1. The second-order valence-corrected chi connectivity index (χ2v) is 7.58. The number of ketones is 1. The minimum absolute atomic E-state index is 0.00656. The van der Waals surface area contributed by atoms with E-state index in [1.54, 1.807) is 7.11 Å². The topological polar surface area (TPSA) is 52.4 Å². The summed E-state index contributed by atoms with van der Waals surface area (Å²) < 4.78 is 9.76. The molecule has 2 aliphatic rings. The highest BCUT2D eigenvalue weighted by molar-refractivity contribution is 5.93. The molecule has 1 aromatic carbocycles. The Morgan fingerprint density at radius 3 is 2.93 bits per heavy atom. The second-order valence-electron chi connectivity index (χ2n) is 7.58. The van der Waals surface area contributed by atoms with Crippen molar-refractivity contribution < 1.29 is 9.53 Å². The molecule has 1 aromatic rings. The minimum atomic E-state index is -0.500. The summed E-state index contributed by atoms with van der Waals surface area (Å²) in [6.45, 7) is 7.83. The summed E-state index contributed by atoms with van der Waals surface area (Å²) in [6, 6.07) is 8.39. The van der Waals surface area contributed by atoms with Crippen LogP contribution in [-0.2, 0) is 15.1 Å². The fourth-order valence-corrected chi connectivity index (χ4v) is 4.05. The van der Waals surface area contributed by atoms with Crippen LogP contribution >= 0.6 is 0 Å². The van der Waals surface area contributed by atoms with Crippen molar-refractivity contribution in [2.75, 3.05) is 7.11 Å². The molecule has 27 heavy (non-hydrogen) atoms. The summed E-state index contributed by atoms with van der Waals surface area (Å²) in [5.74, 6) is 2.10. The number of methoxy groups -OCH3 is 1. The van der Waals surface area contributed by atoms with Gasteiger partial charge in [-0.3, -0.25) is 10.1 Å². The van der Waals surface area contributed by atoms with Crippen LogP contribution in [0.3, 0.4) is 0 Å². The summed E-state index contributed by atoms with van der Waals surface area (Å²) in [7, 11) is 1.73. The number of rotatable bonds is 4. The van der Waals surface area contributed by atoms with Gasteiger partial charge >= 0.3 is 5.84 Å². The number of nitrogens with zero attached hydrogens (tertiary/aromatic N) is 1. The van der Waals surface area contributed by atoms with Crippen LogP contribution in [0.4, 0.5) is 0 Å². The number of carbonyl (C=O) groups excluding carboxylic acids is 1. The van der Waals surface area contributed by atoms with Gasteiger partial charge in [0.1, 0.15) is 17.1 Å². The molecule has 1 aliphatic carbocycles. The third-order valence-corrected chi connectivity index (χ3v) is 5.71. The van der Waals surface area contributed by atoms with Gasteiger partial charge in [-0.05, 0) is 37.0 Å². The van der Waals surface area contributed by atoms with Crippen LogP contribution in [0.1, 0.15) is 57.1 Å². The first kappa shape index (κ1) is 19.2. The van der Waals surface area contributed by atoms with Crippen molar-refractivity contribution in [3.8, 4) is 0 Å². The van der Waals surface area contributed by atoms with Crippen LogP contribution < -0.4 is 9.98 Å². The molecule has 0 radical (unpaired) electrons. The van der Waals surface area contributed by atoms with Gasteiger partial charge in [-0.1, -0.05) is 37.3 Å². The third kappa shape index (κ3) is 3.91. The molecule has 1 N–H and O–H groups in total. The van der Waals surface area contributed by atoms with Crippen molar-refractivity contribution in [2.45, 2.75) is 51.5 Å². The maximum absolute atomic E-state index is 12.8. The third-order valence-electron chi connectivity index (χ3n) is 5.71. The Hall–Kier alpha value is -2.58. The number of nitrogens with one attached hydrogen (secondary N) is 1. The van der Waals surface area contributed by atoms with Crippen LogP contribution in [0.15, 0.2) is 42.2 Å². The Balaban J connectivity index is 2.02. The SMILES string of the molecule is C=[N+]=C1CC(CC)C(=O)C[C@@](C)(c2cccc(C3=C(OC)CCC=C3)c2)N1. The highest BCUT2D eigenvalue weighted by Gasteiger charge is 2.42. The fourth-order valence-electron chi connectivity index (χ4n) is 4.05. The van der Waals surface area contributed by atoms with Crippen molar-refractivity contribution in [1.82, 2.24) is 9.98 Å². The van der Waals surface area contributed by atoms with E-state index in [2.05, 4.69) is 60.9 Å². The molecule has 1 fully saturated rings. The molecule has 0 spiro atoms. The lowest BCUT2D eigenvalue weighted by Gasteiger charge is -2.26. The van der Waals surface area contributed by atoms with Gasteiger partial charge in [0.15, 0.2) is 6.72 Å². The first-order chi connectivity index (χ1) is 13.0. The number of Topliss-reactive ketones (excluding diaryl/α,β-unsaturated/α-hetero) is 1. The van der Waals surface area contributed by atoms with Crippen molar-refractivity contribution in [1.29, 1.82) is 0 Å². The predicted octanol–water partition coefficient (Wildman–Crippen LogP) is 3.75. The van der Waals surface area contributed by atoms with Crippen LogP contribution in [0.2, 0.25) is 0 Å². The average Bonchev–Trinajstić information content (AvgIpc) is 2.83. The number of carbonyl (C=O) groups is 1. The number of hydrogen-bond acceptors (Lipinski definition) is 2. The lowest BCUT2D eigenvalue weighted by atomic mass is 9.83. The predicted molar refractivity (Wildman–Crippen MR) is 112 cm³/mol. The van der Waals surface area contributed by atoms with Gasteiger partial charge in [0.25, 0.3) is 0 Å². The minimum Gasteiger partial charge on any atom is -0.500 e. The maximum atomic E-state index is 12.8. The van der Waals surface area contributed by atoms with E-state index in [9.17, 15) is 4.79 Å². The van der Waals surface area contributed by atoms with E-state index in [0.29, 0.717) is 12.8 Å². The van der Waals surface area contributed by atoms with Gasteiger partial charge in [0, 0.05) is 17.9 Å². The van der Waals surface area contributed by atoms with Gasteiger partial charge in [0.2, 0.25) is 0 Å².